The predicted molar refractivity (Wildman–Crippen MR) is 216 cm³/mol. The lowest BCUT2D eigenvalue weighted by molar-refractivity contribution is -0.147. The van der Waals surface area contributed by atoms with E-state index >= 15 is 0 Å². The van der Waals surface area contributed by atoms with Gasteiger partial charge < -0.3 is 0 Å². The van der Waals surface area contributed by atoms with Crippen LogP contribution in [0.5, 0.6) is 0 Å². The Kier molecular flexibility index (Phi) is 6.52. The van der Waals surface area contributed by atoms with Crippen LogP contribution in [-0.2, 0) is 0 Å². The Morgan fingerprint density at radius 1 is 0.471 bits per heavy atom. The maximum Gasteiger partial charge on any atom is 0.214 e. The zero-order valence-electron chi connectivity index (χ0n) is 30.4. The Balaban J connectivity index is 1.03. The smallest absolute Gasteiger partial charge is 0.214 e. The molecular weight excluding hydrogens is 654 g/mol. The topological polar surface area (TPSA) is 6.48 Å². The quantitative estimate of drug-likeness (QED) is 0.299. The third kappa shape index (κ3) is 3.83. The van der Waals surface area contributed by atoms with Crippen molar-refractivity contribution in [3.8, 4) is 0 Å². The van der Waals surface area contributed by atoms with Gasteiger partial charge in [-0.2, -0.15) is 23.5 Å². The molecule has 7 saturated heterocycles. The van der Waals surface area contributed by atoms with E-state index in [1.807, 2.05) is 0 Å². The largest absolute Gasteiger partial charge is 0.293 e. The van der Waals surface area contributed by atoms with Gasteiger partial charge in [0.15, 0.2) is 6.71 Å². The zero-order chi connectivity index (χ0) is 32.7. The van der Waals surface area contributed by atoms with Crippen LogP contribution in [0.25, 0.3) is 0 Å². The first-order valence-corrected chi connectivity index (χ1v) is 24.2. The Morgan fingerprint density at radius 2 is 0.922 bits per heavy atom. The molecule has 5 saturated carbocycles. The number of rotatable bonds is 3. The Bertz CT molecular complexity index is 1590. The van der Waals surface area contributed by atoms with Gasteiger partial charge in [0.05, 0.1) is 0 Å². The zero-order valence-corrected chi connectivity index (χ0v) is 32.0. The van der Waals surface area contributed by atoms with Gasteiger partial charge >= 0.3 is 0 Å². The molecule has 0 radical (unpaired) electrons. The number of nitrogens with zero attached hydrogens (tertiary/aromatic N) is 2. The van der Waals surface area contributed by atoms with Crippen LogP contribution in [0.2, 0.25) is 23.3 Å². The molecule has 2 nitrogen and oxygen atoms in total. The summed E-state index contributed by atoms with van der Waals surface area (Å²) in [7, 11) is 0. The minimum atomic E-state index is 0.497. The lowest BCUT2D eigenvalue weighted by Gasteiger charge is -2.81. The standard InChI is InChI=1S/C45H56B2N2S2/c1-3-11-30(12-4-1)46(31-13-5-2-6-14-31)37-44-42-36-43-45(37)51-33-16-8-10-27-23-29-20-18-25-21-24-17-19-28-22-26-9-7-15-32(50-44)38(26)48(42)40(28)34(24)47(36)35(25)41(29)49(43)39(27)33/h1-6,11-14,24-29,32-45H,7-10,15-23H2. The van der Waals surface area contributed by atoms with Gasteiger partial charge in [0.2, 0.25) is 6.71 Å². The Hall–Kier alpha value is -0.810. The van der Waals surface area contributed by atoms with Crippen LogP contribution in [0.1, 0.15) is 83.5 Å². The third-order valence-electron chi connectivity index (χ3n) is 19.3. The first-order chi connectivity index (χ1) is 25.3. The van der Waals surface area contributed by atoms with Crippen molar-refractivity contribution in [2.45, 2.75) is 164 Å². The van der Waals surface area contributed by atoms with E-state index in [0.717, 1.165) is 117 Å². The summed E-state index contributed by atoms with van der Waals surface area (Å²) in [5.41, 5.74) is 3.23. The first kappa shape index (κ1) is 30.4. The number of hydrogen-bond donors (Lipinski definition) is 0. The summed E-state index contributed by atoms with van der Waals surface area (Å²) < 4.78 is 0. The second-order valence-electron chi connectivity index (χ2n) is 20.6. The van der Waals surface area contributed by atoms with Crippen LogP contribution in [0.3, 0.4) is 0 Å². The van der Waals surface area contributed by atoms with Gasteiger partial charge in [-0.3, -0.25) is 9.80 Å². The van der Waals surface area contributed by atoms with Crippen molar-refractivity contribution in [2.24, 2.45) is 35.5 Å². The normalized spacial score (nSPS) is 54.9. The third-order valence-corrected chi connectivity index (χ3v) is 22.9. The van der Waals surface area contributed by atoms with Crippen molar-refractivity contribution in [1.29, 1.82) is 0 Å². The molecule has 12 fully saturated rings. The van der Waals surface area contributed by atoms with Gasteiger partial charge in [0.1, 0.15) is 0 Å². The predicted octanol–water partition coefficient (Wildman–Crippen LogP) is 7.96. The van der Waals surface area contributed by atoms with Crippen molar-refractivity contribution in [2.75, 3.05) is 0 Å². The van der Waals surface area contributed by atoms with Crippen LogP contribution in [-0.4, -0.2) is 80.5 Å². The summed E-state index contributed by atoms with van der Waals surface area (Å²) in [6, 6.07) is 29.5. The van der Waals surface area contributed by atoms with E-state index < -0.39 is 0 Å². The van der Waals surface area contributed by atoms with E-state index in [9.17, 15) is 0 Å². The van der Waals surface area contributed by atoms with Crippen LogP contribution >= 0.6 is 23.5 Å². The molecule has 0 amide bonds. The number of piperidine rings is 2. The average molecular weight is 711 g/mol. The Morgan fingerprint density at radius 3 is 1.43 bits per heavy atom. The first-order valence-electron chi connectivity index (χ1n) is 22.3. The molecule has 14 rings (SSSR count). The van der Waals surface area contributed by atoms with E-state index in [1.54, 1.807) is 55.9 Å². The molecule has 2 aromatic carbocycles. The van der Waals surface area contributed by atoms with Crippen molar-refractivity contribution in [1.82, 2.24) is 9.80 Å². The fourth-order valence-electron chi connectivity index (χ4n) is 18.6. The SMILES string of the molecule is c1ccc(B(c2ccccc2)C2C3SC4CCCC5CC6CCC7CC8CCC9CC%10CCCC%11SC2C2C%12B(C7C6N(C54)C3%12)C8C9N2C%10%11)cc1. The lowest BCUT2D eigenvalue weighted by Crippen LogP contribution is -2.87. The van der Waals surface area contributed by atoms with Crippen LogP contribution in [0.4, 0.5) is 0 Å². The molecule has 2 aromatic rings. The number of benzene rings is 2. The maximum absolute atomic E-state index is 3.55. The fraction of sp³-hybridized carbons (Fsp3) is 0.733. The van der Waals surface area contributed by atoms with Crippen molar-refractivity contribution < 1.29 is 0 Å². The summed E-state index contributed by atoms with van der Waals surface area (Å²) >= 11 is 5.28. The van der Waals surface area contributed by atoms with Crippen LogP contribution < -0.4 is 10.9 Å². The number of thioether (sulfide) groups is 2. The summed E-state index contributed by atoms with van der Waals surface area (Å²) in [6.45, 7) is 1.53. The van der Waals surface area contributed by atoms with E-state index in [0.29, 0.717) is 12.5 Å². The second kappa shape index (κ2) is 10.9. The lowest BCUT2D eigenvalue weighted by atomic mass is 9.12. The van der Waals surface area contributed by atoms with Crippen molar-refractivity contribution in [3.05, 3.63) is 60.7 Å². The summed E-state index contributed by atoms with van der Waals surface area (Å²) in [5, 5.41) is 3.28. The van der Waals surface area contributed by atoms with Crippen LogP contribution in [0, 0.1) is 35.5 Å². The molecule has 18 unspecified atom stereocenters. The summed E-state index contributed by atoms with van der Waals surface area (Å²) in [4.78, 5) is 7.11. The molecule has 264 valence electrons. The summed E-state index contributed by atoms with van der Waals surface area (Å²) in [6.07, 6.45) is 20.2. The molecule has 5 aliphatic carbocycles. The molecule has 6 heteroatoms. The molecule has 12 aliphatic rings. The Labute approximate surface area is 316 Å². The van der Waals surface area contributed by atoms with Gasteiger partial charge in [-0.05, 0) is 117 Å². The monoisotopic (exact) mass is 710 g/mol. The maximum atomic E-state index is 3.55. The molecule has 18 atom stereocenters. The van der Waals surface area contributed by atoms with Gasteiger partial charge in [0.25, 0.3) is 0 Å². The van der Waals surface area contributed by atoms with E-state index in [-0.39, 0.29) is 0 Å². The molecule has 51 heavy (non-hydrogen) atoms. The highest BCUT2D eigenvalue weighted by molar-refractivity contribution is 8.02. The molecule has 0 spiro atoms. The highest BCUT2D eigenvalue weighted by Gasteiger charge is 2.78. The molecule has 0 N–H and O–H groups in total. The highest BCUT2D eigenvalue weighted by Crippen LogP contribution is 2.76. The highest BCUT2D eigenvalue weighted by atomic mass is 32.2. The van der Waals surface area contributed by atoms with Crippen LogP contribution in [0.15, 0.2) is 60.7 Å². The minimum Gasteiger partial charge on any atom is -0.293 e. The van der Waals surface area contributed by atoms with Gasteiger partial charge in [-0.25, -0.2) is 0 Å². The fourth-order valence-corrected chi connectivity index (χ4v) is 23.2. The average Bonchev–Trinajstić information content (AvgIpc) is 3.18. The van der Waals surface area contributed by atoms with E-state index in [4.69, 9.17) is 0 Å². The molecule has 7 heterocycles. The molecule has 0 aromatic heterocycles. The molecule has 7 aliphatic heterocycles. The molecule has 0 bridgehead atoms. The number of hydrogen-bond acceptors (Lipinski definition) is 4. The van der Waals surface area contributed by atoms with E-state index in [1.165, 1.54) is 38.5 Å². The summed E-state index contributed by atoms with van der Waals surface area (Å²) in [5.74, 6) is 9.74. The minimum absolute atomic E-state index is 0.497. The van der Waals surface area contributed by atoms with Gasteiger partial charge in [0, 0.05) is 57.3 Å². The van der Waals surface area contributed by atoms with Crippen molar-refractivity contribution in [3.63, 3.8) is 0 Å². The van der Waals surface area contributed by atoms with E-state index in [2.05, 4.69) is 94.0 Å². The van der Waals surface area contributed by atoms with Gasteiger partial charge in [-0.15, -0.1) is 0 Å². The molecular formula is C45H56B2N2S2. The van der Waals surface area contributed by atoms with Gasteiger partial charge in [-0.1, -0.05) is 97.3 Å². The van der Waals surface area contributed by atoms with Crippen molar-refractivity contribution >= 4 is 47.9 Å². The second-order valence-corrected chi connectivity index (χ2v) is 23.4.